The van der Waals surface area contributed by atoms with Crippen LogP contribution in [-0.2, 0) is 4.79 Å². The number of hydrogen-bond acceptors (Lipinski definition) is 6. The minimum atomic E-state index is -1.28. The van der Waals surface area contributed by atoms with Crippen molar-refractivity contribution in [3.63, 3.8) is 0 Å². The van der Waals surface area contributed by atoms with E-state index in [0.29, 0.717) is 40.7 Å². The van der Waals surface area contributed by atoms with E-state index in [2.05, 4.69) is 0 Å². The fraction of sp³-hybridized carbons (Fsp3) is 0.143. The van der Waals surface area contributed by atoms with E-state index in [-0.39, 0.29) is 17.0 Å². The van der Waals surface area contributed by atoms with Gasteiger partial charge in [-0.05, 0) is 48.9 Å². The summed E-state index contributed by atoms with van der Waals surface area (Å²) in [5.41, 5.74) is 0.130. The molecule has 0 spiro atoms. The van der Waals surface area contributed by atoms with E-state index in [1.165, 1.54) is 13.2 Å². The van der Waals surface area contributed by atoms with Gasteiger partial charge in [-0.1, -0.05) is 24.3 Å². The number of ether oxygens (including phenoxy) is 2. The first-order chi connectivity index (χ1) is 17.8. The van der Waals surface area contributed by atoms with E-state index in [1.807, 2.05) is 0 Å². The highest BCUT2D eigenvalue weighted by molar-refractivity contribution is 6.20. The van der Waals surface area contributed by atoms with Crippen LogP contribution in [0.1, 0.15) is 29.1 Å². The van der Waals surface area contributed by atoms with E-state index < -0.39 is 35.1 Å². The molecule has 0 saturated carbocycles. The molecule has 9 heteroatoms. The van der Waals surface area contributed by atoms with Crippen LogP contribution >= 0.6 is 0 Å². The molecule has 1 amide bonds. The lowest BCUT2D eigenvalue weighted by molar-refractivity contribution is -0.117. The number of benzene rings is 3. The maximum atomic E-state index is 14.9. The fourth-order valence-corrected chi connectivity index (χ4v) is 4.44. The summed E-state index contributed by atoms with van der Waals surface area (Å²) in [7, 11) is 1.46. The van der Waals surface area contributed by atoms with Crippen molar-refractivity contribution in [2.24, 2.45) is 0 Å². The van der Waals surface area contributed by atoms with Crippen molar-refractivity contribution in [2.75, 3.05) is 18.6 Å². The van der Waals surface area contributed by atoms with Gasteiger partial charge < -0.3 is 19.0 Å². The molecule has 0 aliphatic carbocycles. The molecule has 4 aromatic rings. The van der Waals surface area contributed by atoms with Gasteiger partial charge in [0.25, 0.3) is 5.91 Å². The second-order valence-electron chi connectivity index (χ2n) is 8.26. The standard InChI is InChI=1S/C28H21F2NO6/c1-3-36-22-13-16(8-11-21(22)35-2)25-24(26(32)23-12-15-6-4-5-7-20(15)37-23)27(33)28(34)31(25)19-10-9-17(29)14-18(19)30/h4-14,25,33H,3H2,1-2H3. The highest BCUT2D eigenvalue weighted by Crippen LogP contribution is 2.45. The Morgan fingerprint density at radius 3 is 2.54 bits per heavy atom. The predicted octanol–water partition coefficient (Wildman–Crippen LogP) is 5.90. The molecule has 3 aromatic carbocycles. The highest BCUT2D eigenvalue weighted by atomic mass is 19.1. The van der Waals surface area contributed by atoms with Gasteiger partial charge in [-0.15, -0.1) is 0 Å². The lowest BCUT2D eigenvalue weighted by atomic mass is 9.94. The zero-order chi connectivity index (χ0) is 26.3. The molecule has 1 aliphatic rings. The number of amides is 1. The molecule has 188 valence electrons. The number of Topliss-reactive ketones (excluding diaryl/α,β-unsaturated/α-hetero) is 1. The molecule has 0 radical (unpaired) electrons. The largest absolute Gasteiger partial charge is 0.503 e. The minimum absolute atomic E-state index is 0.111. The van der Waals surface area contributed by atoms with Gasteiger partial charge >= 0.3 is 0 Å². The van der Waals surface area contributed by atoms with Gasteiger partial charge in [-0.25, -0.2) is 8.78 Å². The van der Waals surface area contributed by atoms with Gasteiger partial charge in [0.1, 0.15) is 17.2 Å². The normalized spacial score (nSPS) is 15.5. The Kier molecular flexibility index (Phi) is 6.12. The monoisotopic (exact) mass is 505 g/mol. The van der Waals surface area contributed by atoms with Crippen LogP contribution in [0.15, 0.2) is 82.5 Å². The number of anilines is 1. The number of fused-ring (bicyclic) bond motifs is 1. The van der Waals surface area contributed by atoms with Gasteiger partial charge in [0.15, 0.2) is 23.0 Å². The van der Waals surface area contributed by atoms with Gasteiger partial charge in [-0.2, -0.15) is 0 Å². The lowest BCUT2D eigenvalue weighted by Gasteiger charge is -2.27. The summed E-state index contributed by atoms with van der Waals surface area (Å²) in [4.78, 5) is 27.9. The summed E-state index contributed by atoms with van der Waals surface area (Å²) < 4.78 is 45.3. The second-order valence-corrected chi connectivity index (χ2v) is 8.26. The van der Waals surface area contributed by atoms with Crippen LogP contribution < -0.4 is 14.4 Å². The quantitative estimate of drug-likeness (QED) is 0.315. The van der Waals surface area contributed by atoms with Crippen molar-refractivity contribution in [3.05, 3.63) is 101 Å². The molecule has 5 rings (SSSR count). The van der Waals surface area contributed by atoms with E-state index >= 15 is 0 Å². The Morgan fingerprint density at radius 1 is 1.05 bits per heavy atom. The summed E-state index contributed by atoms with van der Waals surface area (Å²) >= 11 is 0. The summed E-state index contributed by atoms with van der Waals surface area (Å²) in [6.45, 7) is 2.07. The van der Waals surface area contributed by atoms with Gasteiger partial charge in [-0.3, -0.25) is 14.5 Å². The van der Waals surface area contributed by atoms with E-state index in [1.54, 1.807) is 49.4 Å². The number of para-hydroxylation sites is 1. The van der Waals surface area contributed by atoms with E-state index in [4.69, 9.17) is 13.9 Å². The van der Waals surface area contributed by atoms with Gasteiger partial charge in [0, 0.05) is 11.5 Å². The highest BCUT2D eigenvalue weighted by Gasteiger charge is 2.46. The molecule has 0 saturated heterocycles. The molecule has 37 heavy (non-hydrogen) atoms. The first kappa shape index (κ1) is 24.1. The number of aliphatic hydroxyl groups is 1. The fourth-order valence-electron chi connectivity index (χ4n) is 4.44. The molecule has 1 aromatic heterocycles. The summed E-state index contributed by atoms with van der Waals surface area (Å²) in [5, 5.41) is 11.6. The number of carbonyl (C=O) groups excluding carboxylic acids is 2. The number of hydrogen-bond donors (Lipinski definition) is 1. The zero-order valence-electron chi connectivity index (χ0n) is 19.8. The van der Waals surface area contributed by atoms with Crippen LogP contribution in [-0.4, -0.2) is 30.5 Å². The van der Waals surface area contributed by atoms with Crippen LogP contribution in [0, 0.1) is 11.6 Å². The van der Waals surface area contributed by atoms with Crippen molar-refractivity contribution in [1.29, 1.82) is 0 Å². The average Bonchev–Trinajstić information content (AvgIpc) is 3.43. The topological polar surface area (TPSA) is 89.2 Å². The third-order valence-corrected chi connectivity index (χ3v) is 6.07. The van der Waals surface area contributed by atoms with Gasteiger partial charge in [0.05, 0.1) is 31.0 Å². The van der Waals surface area contributed by atoms with Gasteiger partial charge in [0.2, 0.25) is 5.78 Å². The van der Waals surface area contributed by atoms with Crippen molar-refractivity contribution in [2.45, 2.75) is 13.0 Å². The molecular weight excluding hydrogens is 484 g/mol. The molecule has 1 atom stereocenters. The second kappa shape index (κ2) is 9.42. The first-order valence-electron chi connectivity index (χ1n) is 11.4. The summed E-state index contributed by atoms with van der Waals surface area (Å²) in [6.07, 6.45) is 0. The van der Waals surface area contributed by atoms with E-state index in [0.717, 1.165) is 17.0 Å². The van der Waals surface area contributed by atoms with Crippen LogP contribution in [0.2, 0.25) is 0 Å². The Balaban J connectivity index is 1.70. The Bertz CT molecular complexity index is 1540. The Labute approximate surface area is 210 Å². The number of furan rings is 1. The van der Waals surface area contributed by atoms with Crippen molar-refractivity contribution < 1.29 is 37.4 Å². The van der Waals surface area contributed by atoms with Crippen LogP contribution in [0.25, 0.3) is 11.0 Å². The maximum Gasteiger partial charge on any atom is 0.294 e. The Morgan fingerprint density at radius 2 is 1.84 bits per heavy atom. The molecule has 2 heterocycles. The van der Waals surface area contributed by atoms with Crippen LogP contribution in [0.4, 0.5) is 14.5 Å². The molecule has 1 aliphatic heterocycles. The number of nitrogens with zero attached hydrogens (tertiary/aromatic N) is 1. The molecule has 0 bridgehead atoms. The number of carbonyl (C=O) groups is 2. The number of halogens is 2. The third kappa shape index (κ3) is 4.08. The van der Waals surface area contributed by atoms with Crippen molar-refractivity contribution in [3.8, 4) is 11.5 Å². The smallest absolute Gasteiger partial charge is 0.294 e. The number of ketones is 1. The SMILES string of the molecule is CCOc1cc(C2C(C(=O)c3cc4ccccc4o3)=C(O)C(=O)N2c2ccc(F)cc2F)ccc1OC. The molecule has 7 nitrogen and oxygen atoms in total. The molecular formula is C28H21F2NO6. The maximum absolute atomic E-state index is 14.9. The molecule has 1 N–H and O–H groups in total. The van der Waals surface area contributed by atoms with E-state index in [9.17, 15) is 23.5 Å². The van der Waals surface area contributed by atoms with Crippen LogP contribution in [0.5, 0.6) is 11.5 Å². The number of aliphatic hydroxyl groups excluding tert-OH is 1. The van der Waals surface area contributed by atoms with Crippen molar-refractivity contribution >= 4 is 28.3 Å². The third-order valence-electron chi connectivity index (χ3n) is 6.07. The lowest BCUT2D eigenvalue weighted by Crippen LogP contribution is -2.32. The number of rotatable bonds is 7. The summed E-state index contributed by atoms with van der Waals surface area (Å²) in [5.74, 6) is -3.93. The Hall–Kier alpha value is -4.66. The first-order valence-corrected chi connectivity index (χ1v) is 11.4. The van der Waals surface area contributed by atoms with Crippen molar-refractivity contribution in [1.82, 2.24) is 0 Å². The predicted molar refractivity (Wildman–Crippen MR) is 131 cm³/mol. The van der Waals surface area contributed by atoms with Crippen LogP contribution in [0.3, 0.4) is 0 Å². The summed E-state index contributed by atoms with van der Waals surface area (Å²) in [6, 6.07) is 14.5. The molecule has 0 fully saturated rings. The zero-order valence-corrected chi connectivity index (χ0v) is 19.8. The number of methoxy groups -OCH3 is 1. The minimum Gasteiger partial charge on any atom is -0.503 e. The average molecular weight is 505 g/mol. The molecule has 1 unspecified atom stereocenters.